The molecule has 1 fully saturated rings. The van der Waals surface area contributed by atoms with Gasteiger partial charge < -0.3 is 5.32 Å². The van der Waals surface area contributed by atoms with E-state index in [0.717, 1.165) is 29.2 Å². The average molecular weight is 435 g/mol. The molecule has 1 aromatic carbocycles. The molecule has 0 radical (unpaired) electrons. The van der Waals surface area contributed by atoms with E-state index in [-0.39, 0.29) is 11.7 Å². The molecule has 1 amide bonds. The third-order valence-electron chi connectivity index (χ3n) is 5.90. The van der Waals surface area contributed by atoms with E-state index in [1.807, 2.05) is 48.7 Å². The van der Waals surface area contributed by atoms with Crippen molar-refractivity contribution in [2.45, 2.75) is 51.1 Å². The number of hydrogen-bond donors (Lipinski definition) is 2. The minimum absolute atomic E-state index is 0.170. The highest BCUT2D eigenvalue weighted by atomic mass is 32.2. The zero-order chi connectivity index (χ0) is 21.8. The summed E-state index contributed by atoms with van der Waals surface area (Å²) in [5.74, 6) is 2.06. The van der Waals surface area contributed by atoms with Gasteiger partial charge in [0.15, 0.2) is 0 Å². The van der Waals surface area contributed by atoms with Crippen LogP contribution in [0.5, 0.6) is 0 Å². The molecule has 2 heterocycles. The van der Waals surface area contributed by atoms with Crippen LogP contribution in [0.1, 0.15) is 48.3 Å². The summed E-state index contributed by atoms with van der Waals surface area (Å²) in [6.07, 6.45) is 6.04. The zero-order valence-corrected chi connectivity index (χ0v) is 18.6. The molecule has 4 rings (SSSR count). The lowest BCUT2D eigenvalue weighted by Crippen LogP contribution is -2.17. The molecule has 31 heavy (non-hydrogen) atoms. The predicted octanol–water partition coefficient (Wildman–Crippen LogP) is 4.55. The van der Waals surface area contributed by atoms with Crippen molar-refractivity contribution in [3.05, 3.63) is 53.0 Å². The highest BCUT2D eigenvalue weighted by Crippen LogP contribution is 2.30. The van der Waals surface area contributed by atoms with Crippen molar-refractivity contribution in [2.75, 3.05) is 11.1 Å². The maximum absolute atomic E-state index is 12.7. The highest BCUT2D eigenvalue weighted by Gasteiger charge is 2.21. The molecule has 8 heteroatoms. The molecule has 0 spiro atoms. The van der Waals surface area contributed by atoms with E-state index in [1.165, 1.54) is 37.4 Å². The van der Waals surface area contributed by atoms with Gasteiger partial charge in [0.25, 0.3) is 0 Å². The van der Waals surface area contributed by atoms with Gasteiger partial charge in [-0.05, 0) is 37.5 Å². The molecule has 0 aliphatic heterocycles. The number of nitriles is 1. The van der Waals surface area contributed by atoms with E-state index < -0.39 is 0 Å². The molecular weight excluding hydrogens is 408 g/mol. The highest BCUT2D eigenvalue weighted by molar-refractivity contribution is 7.99. The summed E-state index contributed by atoms with van der Waals surface area (Å²) in [4.78, 5) is 17.3. The van der Waals surface area contributed by atoms with E-state index in [1.54, 1.807) is 0 Å². The normalized spacial score (nSPS) is 14.0. The summed E-state index contributed by atoms with van der Waals surface area (Å²) in [5, 5.41) is 20.4. The van der Waals surface area contributed by atoms with Crippen LogP contribution in [0.4, 0.5) is 5.82 Å². The molecule has 3 aromatic rings. The van der Waals surface area contributed by atoms with Gasteiger partial charge >= 0.3 is 0 Å². The number of para-hydroxylation sites is 1. The molecule has 0 atom stereocenters. The molecule has 0 saturated heterocycles. The Kier molecular flexibility index (Phi) is 6.42. The van der Waals surface area contributed by atoms with Gasteiger partial charge in [-0.15, -0.1) is 5.10 Å². The first-order valence-corrected chi connectivity index (χ1v) is 11.6. The molecule has 1 saturated carbocycles. The number of nitrogens with one attached hydrogen (secondary N) is 2. The summed E-state index contributed by atoms with van der Waals surface area (Å²) in [6, 6.07) is 12.0. The first kappa shape index (κ1) is 21.2. The van der Waals surface area contributed by atoms with Crippen molar-refractivity contribution in [1.82, 2.24) is 19.7 Å². The minimum Gasteiger partial charge on any atom is -0.310 e. The number of aromatic nitrogens is 4. The Hall–Kier alpha value is -3.05. The number of hydrogen-bond acceptors (Lipinski definition) is 5. The summed E-state index contributed by atoms with van der Waals surface area (Å²) >= 11 is 1.29. The molecule has 1 aliphatic rings. The predicted molar refractivity (Wildman–Crippen MR) is 121 cm³/mol. The number of amides is 1. The second kappa shape index (κ2) is 9.40. The summed E-state index contributed by atoms with van der Waals surface area (Å²) < 4.78 is 1.92. The van der Waals surface area contributed by atoms with Crippen molar-refractivity contribution in [3.63, 3.8) is 0 Å². The van der Waals surface area contributed by atoms with Crippen LogP contribution in [0.3, 0.4) is 0 Å². The smallest absolute Gasteiger partial charge is 0.236 e. The standard InChI is InChI=1S/C23H26N6OS/c1-15-16(2)29(18-10-4-3-5-11-18)22(19(15)13-24)26-21(30)14-31-23-25-20(27-28-23)12-17-8-6-7-9-17/h3-5,10-11,17H,6-9,12,14H2,1-2H3,(H,26,30)(H,25,27,28). The Morgan fingerprint density at radius 2 is 2.03 bits per heavy atom. The Morgan fingerprint density at radius 3 is 2.74 bits per heavy atom. The molecule has 1 aliphatic carbocycles. The van der Waals surface area contributed by atoms with Gasteiger partial charge in [-0.1, -0.05) is 55.6 Å². The lowest BCUT2D eigenvalue weighted by molar-refractivity contribution is -0.113. The Bertz CT molecular complexity index is 1110. The summed E-state index contributed by atoms with van der Waals surface area (Å²) in [5.41, 5.74) is 3.17. The minimum atomic E-state index is -0.196. The van der Waals surface area contributed by atoms with Gasteiger partial charge in [0, 0.05) is 17.8 Å². The molecule has 160 valence electrons. The van der Waals surface area contributed by atoms with Gasteiger partial charge in [-0.25, -0.2) is 4.98 Å². The number of carbonyl (C=O) groups is 1. The SMILES string of the molecule is Cc1c(C#N)c(NC(=O)CSc2n[nH]c(CC3CCCC3)n2)n(-c2ccccc2)c1C. The lowest BCUT2D eigenvalue weighted by atomic mass is 10.0. The van der Waals surface area contributed by atoms with Crippen molar-refractivity contribution in [2.24, 2.45) is 5.92 Å². The second-order valence-electron chi connectivity index (χ2n) is 7.97. The van der Waals surface area contributed by atoms with Crippen molar-refractivity contribution >= 4 is 23.5 Å². The maximum atomic E-state index is 12.7. The molecular formula is C23H26N6OS. The van der Waals surface area contributed by atoms with Crippen LogP contribution >= 0.6 is 11.8 Å². The monoisotopic (exact) mass is 434 g/mol. The largest absolute Gasteiger partial charge is 0.310 e. The molecule has 2 N–H and O–H groups in total. The van der Waals surface area contributed by atoms with Crippen LogP contribution in [0.25, 0.3) is 5.69 Å². The van der Waals surface area contributed by atoms with Crippen molar-refractivity contribution in [3.8, 4) is 11.8 Å². The van der Waals surface area contributed by atoms with Crippen molar-refractivity contribution in [1.29, 1.82) is 5.26 Å². The number of carbonyl (C=O) groups excluding carboxylic acids is 1. The number of nitrogens with zero attached hydrogens (tertiary/aromatic N) is 4. The third-order valence-corrected chi connectivity index (χ3v) is 6.75. The molecule has 2 aromatic heterocycles. The molecule has 7 nitrogen and oxygen atoms in total. The zero-order valence-electron chi connectivity index (χ0n) is 17.8. The van der Waals surface area contributed by atoms with Crippen LogP contribution < -0.4 is 5.32 Å². The number of anilines is 1. The van der Waals surface area contributed by atoms with Gasteiger partial charge in [-0.2, -0.15) is 5.26 Å². The lowest BCUT2D eigenvalue weighted by Gasteiger charge is -2.13. The van der Waals surface area contributed by atoms with Crippen LogP contribution in [0, 0.1) is 31.1 Å². The Labute approximate surface area is 186 Å². The van der Waals surface area contributed by atoms with E-state index in [2.05, 4.69) is 26.6 Å². The van der Waals surface area contributed by atoms with E-state index >= 15 is 0 Å². The quantitative estimate of drug-likeness (QED) is 0.532. The van der Waals surface area contributed by atoms with Crippen LogP contribution in [-0.4, -0.2) is 31.4 Å². The number of benzene rings is 1. The van der Waals surface area contributed by atoms with Gasteiger partial charge in [0.05, 0.1) is 11.3 Å². The number of aromatic amines is 1. The number of thioether (sulfide) groups is 1. The maximum Gasteiger partial charge on any atom is 0.236 e. The molecule has 0 bridgehead atoms. The van der Waals surface area contributed by atoms with Gasteiger partial charge in [-0.3, -0.25) is 14.5 Å². The van der Waals surface area contributed by atoms with E-state index in [9.17, 15) is 10.1 Å². The van der Waals surface area contributed by atoms with Crippen LogP contribution in [-0.2, 0) is 11.2 Å². The fraction of sp³-hybridized carbons (Fsp3) is 0.391. The topological polar surface area (TPSA) is 99.4 Å². The van der Waals surface area contributed by atoms with E-state index in [0.29, 0.717) is 22.5 Å². The third kappa shape index (κ3) is 4.67. The first-order chi connectivity index (χ1) is 15.1. The van der Waals surface area contributed by atoms with Crippen molar-refractivity contribution < 1.29 is 4.79 Å². The van der Waals surface area contributed by atoms with Gasteiger partial charge in [0.1, 0.15) is 17.7 Å². The summed E-state index contributed by atoms with van der Waals surface area (Å²) in [6.45, 7) is 3.85. The molecule has 0 unspecified atom stereocenters. The van der Waals surface area contributed by atoms with Crippen LogP contribution in [0.2, 0.25) is 0 Å². The number of rotatable bonds is 7. The first-order valence-electron chi connectivity index (χ1n) is 10.6. The summed E-state index contributed by atoms with van der Waals surface area (Å²) in [7, 11) is 0. The Balaban J connectivity index is 1.45. The van der Waals surface area contributed by atoms with Gasteiger partial charge in [0.2, 0.25) is 11.1 Å². The Morgan fingerprint density at radius 1 is 1.29 bits per heavy atom. The average Bonchev–Trinajstić information content (AvgIpc) is 3.50. The second-order valence-corrected chi connectivity index (χ2v) is 8.92. The fourth-order valence-electron chi connectivity index (χ4n) is 4.18. The van der Waals surface area contributed by atoms with Crippen LogP contribution in [0.15, 0.2) is 35.5 Å². The van der Waals surface area contributed by atoms with E-state index in [4.69, 9.17) is 0 Å². The number of H-pyrrole nitrogens is 1. The fourth-order valence-corrected chi connectivity index (χ4v) is 4.80.